The Kier molecular flexibility index (Phi) is 2.47. The molecule has 0 unspecified atom stereocenters. The molecule has 1 aromatic rings. The molecule has 0 aliphatic rings. The van der Waals surface area contributed by atoms with Crippen molar-refractivity contribution >= 4 is 23.4 Å². The fourth-order valence-corrected chi connectivity index (χ4v) is 1.01. The van der Waals surface area contributed by atoms with Gasteiger partial charge in [-0.05, 0) is 0 Å². The number of nitrogens with zero attached hydrogens (tertiary/aromatic N) is 2. The minimum Gasteiger partial charge on any atom is -0.422 e. The van der Waals surface area contributed by atoms with E-state index in [4.69, 9.17) is 10.0 Å². The molecule has 0 aliphatic heterocycles. The van der Waals surface area contributed by atoms with Crippen molar-refractivity contribution in [1.29, 1.82) is 0 Å². The number of hydrogen-bond acceptors (Lipinski definition) is 5. The van der Waals surface area contributed by atoms with Crippen molar-refractivity contribution in [2.45, 2.75) is 6.43 Å². The van der Waals surface area contributed by atoms with Crippen LogP contribution in [0.2, 0.25) is 0 Å². The predicted molar refractivity (Wildman–Crippen MR) is 34.7 cm³/mol. The minimum absolute atomic E-state index is 0.222. The molecule has 11 heavy (non-hydrogen) atoms. The Morgan fingerprint density at radius 2 is 2.00 bits per heavy atom. The van der Waals surface area contributed by atoms with E-state index in [-0.39, 0.29) is 4.91 Å². The zero-order valence-electron chi connectivity index (χ0n) is 5.11. The van der Waals surface area contributed by atoms with Crippen LogP contribution in [0.5, 0.6) is 0 Å². The smallest absolute Gasteiger partial charge is 0.422 e. The third-order valence-electron chi connectivity index (χ3n) is 0.864. The van der Waals surface area contributed by atoms with Gasteiger partial charge < -0.3 is 10.0 Å². The number of rotatable bonds is 2. The van der Waals surface area contributed by atoms with Crippen molar-refractivity contribution in [1.82, 2.24) is 10.2 Å². The van der Waals surface area contributed by atoms with Crippen LogP contribution in [0.4, 0.5) is 8.78 Å². The van der Waals surface area contributed by atoms with E-state index in [9.17, 15) is 8.78 Å². The Bertz CT molecular complexity index is 220. The summed E-state index contributed by atoms with van der Waals surface area (Å²) in [5, 5.41) is 22.5. The van der Waals surface area contributed by atoms with Crippen LogP contribution in [-0.4, -0.2) is 27.4 Å². The molecule has 0 saturated carbocycles. The summed E-state index contributed by atoms with van der Waals surface area (Å²) in [7, 11) is -1.82. The summed E-state index contributed by atoms with van der Waals surface area (Å²) < 4.78 is 23.6. The van der Waals surface area contributed by atoms with Gasteiger partial charge in [-0.2, -0.15) is 0 Å². The Hall–Kier alpha value is -0.595. The second kappa shape index (κ2) is 3.20. The summed E-state index contributed by atoms with van der Waals surface area (Å²) in [5.41, 5.74) is 0. The average Bonchev–Trinajstić information content (AvgIpc) is 2.33. The topological polar surface area (TPSA) is 66.2 Å². The molecule has 60 valence electrons. The van der Waals surface area contributed by atoms with Gasteiger partial charge >= 0.3 is 7.12 Å². The third kappa shape index (κ3) is 1.92. The monoisotopic (exact) mass is 180 g/mol. The van der Waals surface area contributed by atoms with E-state index < -0.39 is 18.6 Å². The first-order valence-corrected chi connectivity index (χ1v) is 3.40. The first-order chi connectivity index (χ1) is 5.11. The second-order valence-electron chi connectivity index (χ2n) is 1.65. The molecule has 1 rings (SSSR count). The second-order valence-corrected chi connectivity index (χ2v) is 2.69. The molecular weight excluding hydrogens is 177 g/mol. The van der Waals surface area contributed by atoms with E-state index in [1.807, 2.05) is 0 Å². The molecule has 0 fully saturated rings. The lowest BCUT2D eigenvalue weighted by molar-refractivity contribution is 0.150. The van der Waals surface area contributed by atoms with Crippen molar-refractivity contribution in [3.05, 3.63) is 5.01 Å². The molecule has 8 heteroatoms. The molecular formula is C3H3BF2N2O2S. The Labute approximate surface area is 64.7 Å². The molecule has 0 saturated heterocycles. The number of halogens is 2. The SMILES string of the molecule is OB(O)c1nnc(C(F)F)s1. The van der Waals surface area contributed by atoms with Crippen molar-refractivity contribution in [3.8, 4) is 0 Å². The van der Waals surface area contributed by atoms with Gasteiger partial charge in [0.05, 0.1) is 0 Å². The molecule has 2 N–H and O–H groups in total. The van der Waals surface area contributed by atoms with E-state index in [0.29, 0.717) is 11.3 Å². The summed E-state index contributed by atoms with van der Waals surface area (Å²) in [6.45, 7) is 0. The van der Waals surface area contributed by atoms with Gasteiger partial charge in [0, 0.05) is 0 Å². The molecule has 1 aromatic heterocycles. The van der Waals surface area contributed by atoms with E-state index in [0.717, 1.165) is 0 Å². The van der Waals surface area contributed by atoms with Gasteiger partial charge in [-0.3, -0.25) is 0 Å². The highest BCUT2D eigenvalue weighted by atomic mass is 32.1. The lowest BCUT2D eigenvalue weighted by Crippen LogP contribution is -2.29. The molecule has 0 atom stereocenters. The molecule has 4 nitrogen and oxygen atoms in total. The third-order valence-corrected chi connectivity index (χ3v) is 1.83. The summed E-state index contributed by atoms with van der Waals surface area (Å²) in [4.78, 5) is -0.222. The molecule has 0 amide bonds. The van der Waals surface area contributed by atoms with Crippen molar-refractivity contribution < 1.29 is 18.8 Å². The maximum Gasteiger partial charge on any atom is 0.521 e. The number of aromatic nitrogens is 2. The normalized spacial score (nSPS) is 10.6. The highest BCUT2D eigenvalue weighted by Crippen LogP contribution is 2.17. The number of hydrogen-bond donors (Lipinski definition) is 2. The van der Waals surface area contributed by atoms with Crippen LogP contribution in [0, 0.1) is 0 Å². The van der Waals surface area contributed by atoms with E-state index in [2.05, 4.69) is 10.2 Å². The van der Waals surface area contributed by atoms with Gasteiger partial charge in [-0.25, -0.2) is 8.78 Å². The van der Waals surface area contributed by atoms with Gasteiger partial charge in [0.1, 0.15) is 4.91 Å². The Morgan fingerprint density at radius 1 is 1.36 bits per heavy atom. The Morgan fingerprint density at radius 3 is 2.27 bits per heavy atom. The van der Waals surface area contributed by atoms with Gasteiger partial charge in [0.2, 0.25) is 0 Å². The summed E-state index contributed by atoms with van der Waals surface area (Å²) >= 11 is 0.477. The molecule has 0 aromatic carbocycles. The molecule has 0 spiro atoms. The van der Waals surface area contributed by atoms with Crippen molar-refractivity contribution in [3.63, 3.8) is 0 Å². The average molecular weight is 180 g/mol. The molecule has 0 aliphatic carbocycles. The van der Waals surface area contributed by atoms with Crippen LogP contribution >= 0.6 is 11.3 Å². The Balaban J connectivity index is 2.82. The largest absolute Gasteiger partial charge is 0.521 e. The van der Waals surface area contributed by atoms with Gasteiger partial charge in [0.15, 0.2) is 5.01 Å². The standard InChI is InChI=1S/C3H3BF2N2O2S/c5-1(6)2-7-8-3(11-2)4(9)10/h1,9-10H. The lowest BCUT2D eigenvalue weighted by Gasteiger charge is -1.87. The van der Waals surface area contributed by atoms with E-state index in [1.54, 1.807) is 0 Å². The summed E-state index contributed by atoms with van der Waals surface area (Å²) in [6.07, 6.45) is -2.71. The van der Waals surface area contributed by atoms with Crippen LogP contribution in [-0.2, 0) is 0 Å². The molecule has 0 bridgehead atoms. The van der Waals surface area contributed by atoms with Crippen molar-refractivity contribution in [2.75, 3.05) is 0 Å². The van der Waals surface area contributed by atoms with Crippen LogP contribution in [0.25, 0.3) is 0 Å². The van der Waals surface area contributed by atoms with Gasteiger partial charge in [0.25, 0.3) is 6.43 Å². The van der Waals surface area contributed by atoms with Crippen molar-refractivity contribution in [2.24, 2.45) is 0 Å². The van der Waals surface area contributed by atoms with Gasteiger partial charge in [-0.1, -0.05) is 11.3 Å². The maximum atomic E-state index is 11.8. The maximum absolute atomic E-state index is 11.8. The fraction of sp³-hybridized carbons (Fsp3) is 0.333. The van der Waals surface area contributed by atoms with E-state index in [1.165, 1.54) is 0 Å². The quantitative estimate of drug-likeness (QED) is 0.582. The van der Waals surface area contributed by atoms with Crippen LogP contribution < -0.4 is 4.91 Å². The summed E-state index contributed by atoms with van der Waals surface area (Å²) in [6, 6.07) is 0. The van der Waals surface area contributed by atoms with Crippen LogP contribution in [0.15, 0.2) is 0 Å². The predicted octanol–water partition coefficient (Wildman–Crippen LogP) is -0.845. The zero-order valence-corrected chi connectivity index (χ0v) is 5.92. The molecule has 1 heterocycles. The van der Waals surface area contributed by atoms with Crippen LogP contribution in [0.3, 0.4) is 0 Å². The van der Waals surface area contributed by atoms with Gasteiger partial charge in [-0.15, -0.1) is 10.2 Å². The van der Waals surface area contributed by atoms with Crippen LogP contribution in [0.1, 0.15) is 11.4 Å². The minimum atomic E-state index is -2.71. The lowest BCUT2D eigenvalue weighted by atomic mass is 9.95. The highest BCUT2D eigenvalue weighted by molar-refractivity contribution is 7.21. The number of alkyl halides is 2. The summed E-state index contributed by atoms with van der Waals surface area (Å²) in [5.74, 6) is 0. The first kappa shape index (κ1) is 8.50. The first-order valence-electron chi connectivity index (χ1n) is 2.59. The van der Waals surface area contributed by atoms with E-state index >= 15 is 0 Å². The fourth-order valence-electron chi connectivity index (χ4n) is 0.439. The zero-order chi connectivity index (χ0) is 8.43. The highest BCUT2D eigenvalue weighted by Gasteiger charge is 2.21. The molecule has 0 radical (unpaired) electrons.